The summed E-state index contributed by atoms with van der Waals surface area (Å²) in [6.45, 7) is 13.7. The number of ether oxygens (including phenoxy) is 9. The summed E-state index contributed by atoms with van der Waals surface area (Å²) in [5.74, 6) is -0.872. The highest BCUT2D eigenvalue weighted by molar-refractivity contribution is 5.86. The van der Waals surface area contributed by atoms with E-state index in [1.54, 1.807) is 14.0 Å². The van der Waals surface area contributed by atoms with E-state index in [1.807, 2.05) is 20.8 Å². The highest BCUT2D eigenvalue weighted by Crippen LogP contribution is 2.44. The number of nitrogens with one attached hydrogen (secondary N) is 1. The Morgan fingerprint density at radius 3 is 1.70 bits per heavy atom. The van der Waals surface area contributed by atoms with Crippen LogP contribution < -0.4 is 14.8 Å². The molecule has 1 aliphatic heterocycles. The molecule has 1 aromatic rings. The Balaban J connectivity index is 1.55. The second-order valence-electron chi connectivity index (χ2n) is 11.1. The van der Waals surface area contributed by atoms with Crippen LogP contribution in [0.3, 0.4) is 0 Å². The third kappa shape index (κ3) is 14.8. The Morgan fingerprint density at radius 2 is 1.21 bits per heavy atom. The van der Waals surface area contributed by atoms with Crippen LogP contribution in [0, 0.1) is 20.8 Å². The maximum absolute atomic E-state index is 13.1. The van der Waals surface area contributed by atoms with Gasteiger partial charge in [0.05, 0.1) is 98.7 Å². The van der Waals surface area contributed by atoms with E-state index in [-0.39, 0.29) is 18.7 Å². The number of fused-ring (bicyclic) bond motifs is 1. The van der Waals surface area contributed by atoms with Gasteiger partial charge in [0.15, 0.2) is 5.60 Å². The van der Waals surface area contributed by atoms with E-state index >= 15 is 0 Å². The summed E-state index contributed by atoms with van der Waals surface area (Å²) in [7, 11) is 1.63. The highest BCUT2D eigenvalue weighted by atomic mass is 16.6. The first-order valence-corrected chi connectivity index (χ1v) is 16.1. The van der Waals surface area contributed by atoms with Gasteiger partial charge in [-0.1, -0.05) is 0 Å². The number of rotatable bonds is 26. The third-order valence-corrected chi connectivity index (χ3v) is 7.55. The van der Waals surface area contributed by atoms with Crippen molar-refractivity contribution in [3.8, 4) is 11.5 Å². The molecule has 0 saturated carbocycles. The number of carbonyl (C=O) groups excluding carboxylic acids is 2. The van der Waals surface area contributed by atoms with Gasteiger partial charge in [-0.3, -0.25) is 14.4 Å². The molecule has 0 saturated heterocycles. The molecular weight excluding hydrogens is 618 g/mol. The van der Waals surface area contributed by atoms with Gasteiger partial charge in [0.1, 0.15) is 11.5 Å². The molecule has 0 fully saturated rings. The first-order valence-electron chi connectivity index (χ1n) is 16.1. The maximum atomic E-state index is 13.1. The number of carbonyl (C=O) groups is 3. The molecule has 1 atom stereocenters. The van der Waals surface area contributed by atoms with Crippen molar-refractivity contribution in [2.75, 3.05) is 99.5 Å². The van der Waals surface area contributed by atoms with Crippen molar-refractivity contribution in [3.63, 3.8) is 0 Å². The molecule has 268 valence electrons. The normalized spacial score (nSPS) is 15.6. The van der Waals surface area contributed by atoms with E-state index in [0.29, 0.717) is 122 Å². The summed E-state index contributed by atoms with van der Waals surface area (Å²) in [6.07, 6.45) is 0.477. The number of hydrogen-bond donors (Lipinski definition) is 2. The number of esters is 1. The average Bonchev–Trinajstić information content (AvgIpc) is 3.05. The molecule has 1 amide bonds. The van der Waals surface area contributed by atoms with Crippen molar-refractivity contribution >= 4 is 17.8 Å². The SMILES string of the molecule is COCCOCCOCCOCCOCCOCCOCCNC(=O)C1(C)CCc2c(C)c(OC(=O)CCC(=O)O)c(C)c(C)c2O1. The lowest BCUT2D eigenvalue weighted by molar-refractivity contribution is -0.142. The fraction of sp³-hybridized carbons (Fsp3) is 0.727. The molecule has 47 heavy (non-hydrogen) atoms. The monoisotopic (exact) mass is 671 g/mol. The van der Waals surface area contributed by atoms with Crippen LogP contribution in [0.15, 0.2) is 0 Å². The van der Waals surface area contributed by atoms with Crippen molar-refractivity contribution < 1.29 is 62.1 Å². The summed E-state index contributed by atoms with van der Waals surface area (Å²) >= 11 is 0. The second kappa shape index (κ2) is 22.7. The summed E-state index contributed by atoms with van der Waals surface area (Å²) in [6, 6.07) is 0. The molecule has 14 heteroatoms. The number of amides is 1. The van der Waals surface area contributed by atoms with Crippen LogP contribution in [0.2, 0.25) is 0 Å². The Labute approximate surface area is 277 Å². The lowest BCUT2D eigenvalue weighted by atomic mass is 9.86. The van der Waals surface area contributed by atoms with E-state index in [4.69, 9.17) is 47.7 Å². The predicted octanol–water partition coefficient (Wildman–Crippen LogP) is 2.33. The van der Waals surface area contributed by atoms with Crippen LogP contribution in [-0.2, 0) is 54.0 Å². The topological polar surface area (TPSA) is 167 Å². The molecule has 0 aliphatic carbocycles. The van der Waals surface area contributed by atoms with E-state index < -0.39 is 17.5 Å². The zero-order valence-electron chi connectivity index (χ0n) is 28.6. The first kappa shape index (κ1) is 40.3. The molecule has 1 heterocycles. The Hall–Kier alpha value is -2.85. The summed E-state index contributed by atoms with van der Waals surface area (Å²) in [4.78, 5) is 36.1. The van der Waals surface area contributed by atoms with Crippen molar-refractivity contribution in [3.05, 3.63) is 22.3 Å². The Kier molecular flexibility index (Phi) is 19.5. The molecule has 1 aliphatic rings. The zero-order chi connectivity index (χ0) is 34.5. The van der Waals surface area contributed by atoms with E-state index in [9.17, 15) is 14.4 Å². The van der Waals surface area contributed by atoms with Gasteiger partial charge in [0.25, 0.3) is 5.91 Å². The molecule has 0 spiro atoms. The number of methoxy groups -OCH3 is 1. The predicted molar refractivity (Wildman–Crippen MR) is 170 cm³/mol. The fourth-order valence-corrected chi connectivity index (χ4v) is 4.69. The van der Waals surface area contributed by atoms with E-state index in [2.05, 4.69) is 5.32 Å². The quantitative estimate of drug-likeness (QED) is 0.0838. The summed E-state index contributed by atoms with van der Waals surface area (Å²) < 4.78 is 49.4. The van der Waals surface area contributed by atoms with Gasteiger partial charge in [-0.2, -0.15) is 0 Å². The van der Waals surface area contributed by atoms with Gasteiger partial charge >= 0.3 is 11.9 Å². The lowest BCUT2D eigenvalue weighted by Crippen LogP contribution is -2.51. The molecule has 1 aromatic carbocycles. The third-order valence-electron chi connectivity index (χ3n) is 7.55. The molecule has 2 rings (SSSR count). The summed E-state index contributed by atoms with van der Waals surface area (Å²) in [5.41, 5.74) is 2.03. The lowest BCUT2D eigenvalue weighted by Gasteiger charge is -2.37. The minimum absolute atomic E-state index is 0.215. The van der Waals surface area contributed by atoms with Crippen LogP contribution in [-0.4, -0.2) is 128 Å². The number of benzene rings is 1. The van der Waals surface area contributed by atoms with Crippen LogP contribution in [0.1, 0.15) is 48.4 Å². The van der Waals surface area contributed by atoms with Crippen LogP contribution in [0.4, 0.5) is 0 Å². The molecule has 0 bridgehead atoms. The van der Waals surface area contributed by atoms with Crippen molar-refractivity contribution in [2.24, 2.45) is 0 Å². The van der Waals surface area contributed by atoms with Crippen molar-refractivity contribution in [2.45, 2.75) is 59.0 Å². The smallest absolute Gasteiger partial charge is 0.311 e. The zero-order valence-corrected chi connectivity index (χ0v) is 28.6. The van der Waals surface area contributed by atoms with E-state index in [0.717, 1.165) is 16.7 Å². The molecule has 0 radical (unpaired) electrons. The van der Waals surface area contributed by atoms with Crippen LogP contribution in [0.5, 0.6) is 11.5 Å². The minimum Gasteiger partial charge on any atom is -0.481 e. The molecular formula is C33H53NO13. The van der Waals surface area contributed by atoms with Crippen LogP contribution >= 0.6 is 0 Å². The fourth-order valence-electron chi connectivity index (χ4n) is 4.69. The van der Waals surface area contributed by atoms with Gasteiger partial charge in [-0.25, -0.2) is 0 Å². The van der Waals surface area contributed by atoms with Gasteiger partial charge in [0.2, 0.25) is 0 Å². The van der Waals surface area contributed by atoms with Gasteiger partial charge < -0.3 is 53.1 Å². The van der Waals surface area contributed by atoms with E-state index in [1.165, 1.54) is 0 Å². The number of carboxylic acids is 1. The van der Waals surface area contributed by atoms with Crippen molar-refractivity contribution in [1.82, 2.24) is 5.32 Å². The molecule has 1 unspecified atom stereocenters. The molecule has 0 aromatic heterocycles. The van der Waals surface area contributed by atoms with Crippen LogP contribution in [0.25, 0.3) is 0 Å². The Bertz CT molecular complexity index is 1110. The number of hydrogen-bond acceptors (Lipinski definition) is 12. The minimum atomic E-state index is -1.07. The van der Waals surface area contributed by atoms with Crippen molar-refractivity contribution in [1.29, 1.82) is 0 Å². The van der Waals surface area contributed by atoms with Gasteiger partial charge in [-0.15, -0.1) is 0 Å². The highest BCUT2D eigenvalue weighted by Gasteiger charge is 2.40. The second-order valence-corrected chi connectivity index (χ2v) is 11.1. The molecule has 14 nitrogen and oxygen atoms in total. The standard InChI is InChI=1S/C33H53NO13/c1-24-25(2)31-27(26(3)30(24)46-29(37)7-6-28(35)36)8-9-33(4,47-31)32(38)34-10-11-40-14-15-42-18-19-44-22-23-45-21-20-43-17-16-41-13-12-39-5/h6-23H2,1-5H3,(H,34,38)(H,35,36). The summed E-state index contributed by atoms with van der Waals surface area (Å²) in [5, 5.41) is 11.7. The maximum Gasteiger partial charge on any atom is 0.311 e. The Morgan fingerprint density at radius 1 is 0.723 bits per heavy atom. The van der Waals surface area contributed by atoms with Gasteiger partial charge in [-0.05, 0) is 50.8 Å². The first-order chi connectivity index (χ1) is 22.6. The number of aliphatic carboxylic acids is 1. The average molecular weight is 672 g/mol. The number of carboxylic acid groups (broad SMARTS) is 1. The molecule has 2 N–H and O–H groups in total. The van der Waals surface area contributed by atoms with Gasteiger partial charge in [0, 0.05) is 25.6 Å². The largest absolute Gasteiger partial charge is 0.481 e.